The molecule has 0 saturated heterocycles. The summed E-state index contributed by atoms with van der Waals surface area (Å²) in [6.07, 6.45) is 0. The van der Waals surface area contributed by atoms with Gasteiger partial charge in [-0.05, 0) is 33.3 Å². The lowest BCUT2D eigenvalue weighted by atomic mass is 9.74. The van der Waals surface area contributed by atoms with E-state index in [0.29, 0.717) is 0 Å². The van der Waals surface area contributed by atoms with Gasteiger partial charge in [-0.2, -0.15) is 0 Å². The molecule has 0 saturated carbocycles. The van der Waals surface area contributed by atoms with Gasteiger partial charge in [0.15, 0.2) is 0 Å². The summed E-state index contributed by atoms with van der Waals surface area (Å²) in [5, 5.41) is 0. The van der Waals surface area contributed by atoms with Gasteiger partial charge < -0.3 is 4.74 Å². The van der Waals surface area contributed by atoms with Gasteiger partial charge in [0.1, 0.15) is 5.60 Å². The summed E-state index contributed by atoms with van der Waals surface area (Å²) >= 11 is 0. The fraction of sp³-hybridized carbons (Fsp3) is 0.800. The number of ether oxygens (including phenoxy) is 1. The molecule has 64 valence electrons. The molecule has 0 fully saturated rings. The second kappa shape index (κ2) is 2.02. The largest absolute Gasteiger partial charge is 0.492 e. The molecule has 1 aliphatic heterocycles. The van der Waals surface area contributed by atoms with Crippen LogP contribution in [0, 0.1) is 5.41 Å². The van der Waals surface area contributed by atoms with Crippen molar-refractivity contribution in [2.75, 3.05) is 0 Å². The van der Waals surface area contributed by atoms with Crippen molar-refractivity contribution in [2.24, 2.45) is 5.41 Å². The molecule has 1 rings (SSSR count). The van der Waals surface area contributed by atoms with Gasteiger partial charge in [0.2, 0.25) is 0 Å². The Hall–Kier alpha value is -0.460. The lowest BCUT2D eigenvalue weighted by Crippen LogP contribution is -2.36. The van der Waals surface area contributed by atoms with E-state index in [4.69, 9.17) is 4.74 Å². The quantitative estimate of drug-likeness (QED) is 0.521. The van der Waals surface area contributed by atoms with Crippen LogP contribution in [0.15, 0.2) is 11.3 Å². The maximum atomic E-state index is 5.76. The smallest absolute Gasteiger partial charge is 0.112 e. The van der Waals surface area contributed by atoms with Crippen LogP contribution in [0.2, 0.25) is 0 Å². The molecule has 0 amide bonds. The van der Waals surface area contributed by atoms with E-state index in [2.05, 4.69) is 34.6 Å². The van der Waals surface area contributed by atoms with E-state index in [0.717, 1.165) is 5.76 Å². The number of hydrogen-bond acceptors (Lipinski definition) is 1. The van der Waals surface area contributed by atoms with Crippen LogP contribution in [-0.2, 0) is 4.74 Å². The van der Waals surface area contributed by atoms with Crippen molar-refractivity contribution in [3.8, 4) is 0 Å². The van der Waals surface area contributed by atoms with Gasteiger partial charge in [-0.15, -0.1) is 0 Å². The summed E-state index contributed by atoms with van der Waals surface area (Å²) in [4.78, 5) is 0. The van der Waals surface area contributed by atoms with Crippen LogP contribution in [0.25, 0.3) is 0 Å². The van der Waals surface area contributed by atoms with Crippen LogP contribution >= 0.6 is 0 Å². The fourth-order valence-electron chi connectivity index (χ4n) is 1.48. The molecule has 1 aliphatic rings. The van der Waals surface area contributed by atoms with Gasteiger partial charge in [-0.25, -0.2) is 0 Å². The SMILES string of the molecule is CC1=C(C)C(C)(C)C(C)(C)O1. The normalized spacial score (nSPS) is 27.1. The highest BCUT2D eigenvalue weighted by atomic mass is 16.5. The Morgan fingerprint density at radius 3 is 1.55 bits per heavy atom. The molecular formula is C10H18O. The maximum absolute atomic E-state index is 5.76. The first-order chi connectivity index (χ1) is 4.79. The minimum Gasteiger partial charge on any atom is -0.492 e. The minimum absolute atomic E-state index is 0.0405. The van der Waals surface area contributed by atoms with Crippen LogP contribution in [0.3, 0.4) is 0 Å². The summed E-state index contributed by atoms with van der Waals surface area (Å²) in [6.45, 7) is 13.0. The predicted molar refractivity (Wildman–Crippen MR) is 47.3 cm³/mol. The highest BCUT2D eigenvalue weighted by Crippen LogP contribution is 2.48. The predicted octanol–water partition coefficient (Wildman–Crippen LogP) is 3.12. The fourth-order valence-corrected chi connectivity index (χ4v) is 1.48. The summed E-state index contributed by atoms with van der Waals surface area (Å²) in [5.41, 5.74) is 1.51. The third kappa shape index (κ3) is 0.979. The second-order valence-corrected chi connectivity index (χ2v) is 4.42. The first kappa shape index (κ1) is 8.63. The van der Waals surface area contributed by atoms with Crippen molar-refractivity contribution in [1.29, 1.82) is 0 Å². The van der Waals surface area contributed by atoms with Gasteiger partial charge in [0.25, 0.3) is 0 Å². The van der Waals surface area contributed by atoms with E-state index in [9.17, 15) is 0 Å². The standard InChI is InChI=1S/C10H18O/c1-7-8(2)11-10(5,6)9(7,3)4/h1-6H3. The van der Waals surface area contributed by atoms with Crippen LogP contribution in [0.4, 0.5) is 0 Å². The molecule has 0 spiro atoms. The van der Waals surface area contributed by atoms with Crippen molar-refractivity contribution in [3.63, 3.8) is 0 Å². The topological polar surface area (TPSA) is 9.23 Å². The van der Waals surface area contributed by atoms with Crippen LogP contribution in [-0.4, -0.2) is 5.60 Å². The lowest BCUT2D eigenvalue weighted by molar-refractivity contribution is -0.00761. The van der Waals surface area contributed by atoms with Crippen molar-refractivity contribution in [2.45, 2.75) is 47.1 Å². The summed E-state index contributed by atoms with van der Waals surface area (Å²) in [7, 11) is 0. The minimum atomic E-state index is -0.0405. The molecule has 0 aliphatic carbocycles. The van der Waals surface area contributed by atoms with Crippen LogP contribution in [0.5, 0.6) is 0 Å². The third-order valence-corrected chi connectivity index (χ3v) is 3.38. The zero-order chi connectivity index (χ0) is 8.86. The Balaban J connectivity index is 3.08. The molecule has 0 atom stereocenters. The molecule has 0 N–H and O–H groups in total. The molecule has 0 bridgehead atoms. The molecule has 11 heavy (non-hydrogen) atoms. The Bertz CT molecular complexity index is 209. The van der Waals surface area contributed by atoms with Crippen molar-refractivity contribution >= 4 is 0 Å². The molecule has 1 nitrogen and oxygen atoms in total. The van der Waals surface area contributed by atoms with E-state index < -0.39 is 0 Å². The van der Waals surface area contributed by atoms with Gasteiger partial charge in [-0.1, -0.05) is 13.8 Å². The highest BCUT2D eigenvalue weighted by molar-refractivity contribution is 5.23. The van der Waals surface area contributed by atoms with Gasteiger partial charge in [-0.3, -0.25) is 0 Å². The zero-order valence-electron chi connectivity index (χ0n) is 8.41. The van der Waals surface area contributed by atoms with E-state index in [-0.39, 0.29) is 11.0 Å². The molecule has 1 heterocycles. The molecule has 0 unspecified atom stereocenters. The first-order valence-electron chi connectivity index (χ1n) is 4.16. The molecular weight excluding hydrogens is 136 g/mol. The first-order valence-corrected chi connectivity index (χ1v) is 4.16. The summed E-state index contributed by atoms with van der Waals surface area (Å²) in [5.74, 6) is 1.10. The Morgan fingerprint density at radius 1 is 1.00 bits per heavy atom. The Kier molecular flexibility index (Phi) is 1.59. The van der Waals surface area contributed by atoms with E-state index >= 15 is 0 Å². The molecule has 1 heteroatoms. The van der Waals surface area contributed by atoms with E-state index in [1.54, 1.807) is 0 Å². The van der Waals surface area contributed by atoms with Crippen molar-refractivity contribution < 1.29 is 4.74 Å². The average Bonchev–Trinajstić information content (AvgIpc) is 1.93. The molecule has 0 aromatic heterocycles. The molecule has 0 radical (unpaired) electrons. The maximum Gasteiger partial charge on any atom is 0.112 e. The van der Waals surface area contributed by atoms with Crippen LogP contribution in [0.1, 0.15) is 41.5 Å². The Morgan fingerprint density at radius 2 is 1.45 bits per heavy atom. The second-order valence-electron chi connectivity index (χ2n) is 4.42. The molecule has 0 aromatic carbocycles. The van der Waals surface area contributed by atoms with E-state index in [1.807, 2.05) is 6.92 Å². The zero-order valence-corrected chi connectivity index (χ0v) is 8.41. The number of allylic oxidation sites excluding steroid dienone is 1. The summed E-state index contributed by atoms with van der Waals surface area (Å²) < 4.78 is 5.76. The lowest BCUT2D eigenvalue weighted by Gasteiger charge is -2.34. The summed E-state index contributed by atoms with van der Waals surface area (Å²) in [6, 6.07) is 0. The van der Waals surface area contributed by atoms with Gasteiger partial charge >= 0.3 is 0 Å². The van der Waals surface area contributed by atoms with Gasteiger partial charge in [0, 0.05) is 5.41 Å². The number of rotatable bonds is 0. The van der Waals surface area contributed by atoms with Crippen LogP contribution < -0.4 is 0 Å². The average molecular weight is 154 g/mol. The molecule has 0 aromatic rings. The van der Waals surface area contributed by atoms with E-state index in [1.165, 1.54) is 5.57 Å². The van der Waals surface area contributed by atoms with Gasteiger partial charge in [0.05, 0.1) is 5.76 Å². The Labute approximate surface area is 69.4 Å². The van der Waals surface area contributed by atoms with Crippen molar-refractivity contribution in [3.05, 3.63) is 11.3 Å². The third-order valence-electron chi connectivity index (χ3n) is 3.38. The monoisotopic (exact) mass is 154 g/mol. The highest BCUT2D eigenvalue weighted by Gasteiger charge is 2.46. The number of hydrogen-bond donors (Lipinski definition) is 0. The van der Waals surface area contributed by atoms with Crippen molar-refractivity contribution in [1.82, 2.24) is 0 Å².